The van der Waals surface area contributed by atoms with Gasteiger partial charge in [-0.25, -0.2) is 9.97 Å². The van der Waals surface area contributed by atoms with Crippen LogP contribution in [0.2, 0.25) is 5.15 Å². The Bertz CT molecular complexity index is 576. The van der Waals surface area contributed by atoms with Gasteiger partial charge in [-0.05, 0) is 19.3 Å². The lowest BCUT2D eigenvalue weighted by molar-refractivity contribution is -0.0845. The molecular formula is C15H15ClN2O. The summed E-state index contributed by atoms with van der Waals surface area (Å²) in [4.78, 5) is 9.00. The maximum atomic E-state index is 6.14. The van der Waals surface area contributed by atoms with E-state index in [0.29, 0.717) is 11.0 Å². The Morgan fingerprint density at radius 2 is 1.89 bits per heavy atom. The summed E-state index contributed by atoms with van der Waals surface area (Å²) in [6, 6.07) is 11.8. The van der Waals surface area contributed by atoms with Gasteiger partial charge in [-0.2, -0.15) is 0 Å². The van der Waals surface area contributed by atoms with Crippen molar-refractivity contribution in [3.8, 4) is 11.3 Å². The molecule has 1 saturated carbocycles. The number of methoxy groups -OCH3 is 1. The molecule has 98 valence electrons. The standard InChI is InChI=1S/C15H15ClN2O/c1-19-15(8-5-9-15)14-17-12(10-13(16)18-14)11-6-3-2-4-7-11/h2-4,6-7,10H,5,8-9H2,1H3. The van der Waals surface area contributed by atoms with Crippen LogP contribution in [0.25, 0.3) is 11.3 Å². The lowest BCUT2D eigenvalue weighted by Crippen LogP contribution is -2.38. The van der Waals surface area contributed by atoms with Crippen molar-refractivity contribution in [2.24, 2.45) is 0 Å². The Morgan fingerprint density at radius 3 is 2.47 bits per heavy atom. The maximum absolute atomic E-state index is 6.14. The molecule has 0 amide bonds. The minimum absolute atomic E-state index is 0.339. The van der Waals surface area contributed by atoms with E-state index in [-0.39, 0.29) is 5.60 Å². The minimum atomic E-state index is -0.339. The molecule has 0 spiro atoms. The summed E-state index contributed by atoms with van der Waals surface area (Å²) >= 11 is 6.14. The fourth-order valence-electron chi connectivity index (χ4n) is 2.40. The number of hydrogen-bond acceptors (Lipinski definition) is 3. The molecule has 3 rings (SSSR count). The van der Waals surface area contributed by atoms with Crippen LogP contribution in [-0.4, -0.2) is 17.1 Å². The van der Waals surface area contributed by atoms with Gasteiger partial charge in [-0.15, -0.1) is 0 Å². The van der Waals surface area contributed by atoms with Gasteiger partial charge in [0.2, 0.25) is 0 Å². The summed E-state index contributed by atoms with van der Waals surface area (Å²) < 4.78 is 5.62. The van der Waals surface area contributed by atoms with Crippen LogP contribution in [0.1, 0.15) is 25.1 Å². The summed E-state index contributed by atoms with van der Waals surface area (Å²) in [7, 11) is 1.71. The van der Waals surface area contributed by atoms with Crippen LogP contribution in [0, 0.1) is 0 Å². The zero-order valence-corrected chi connectivity index (χ0v) is 11.5. The highest BCUT2D eigenvalue weighted by atomic mass is 35.5. The SMILES string of the molecule is COC1(c2nc(Cl)cc(-c3ccccc3)n2)CCC1. The van der Waals surface area contributed by atoms with E-state index in [2.05, 4.69) is 9.97 Å². The van der Waals surface area contributed by atoms with Crippen molar-refractivity contribution in [1.82, 2.24) is 9.97 Å². The van der Waals surface area contributed by atoms with Crippen LogP contribution in [0.5, 0.6) is 0 Å². The third kappa shape index (κ3) is 2.24. The number of halogens is 1. The van der Waals surface area contributed by atoms with Crippen LogP contribution < -0.4 is 0 Å². The maximum Gasteiger partial charge on any atom is 0.162 e. The summed E-state index contributed by atoms with van der Waals surface area (Å²) in [6.07, 6.45) is 3.06. The molecule has 0 saturated heterocycles. The first-order valence-electron chi connectivity index (χ1n) is 6.39. The Labute approximate surface area is 117 Å². The molecule has 0 aliphatic heterocycles. The molecule has 1 heterocycles. The molecule has 1 aromatic heterocycles. The van der Waals surface area contributed by atoms with Gasteiger partial charge in [0.1, 0.15) is 10.8 Å². The minimum Gasteiger partial charge on any atom is -0.370 e. The number of aromatic nitrogens is 2. The quantitative estimate of drug-likeness (QED) is 0.798. The molecule has 1 aliphatic carbocycles. The molecule has 1 aromatic carbocycles. The molecule has 0 atom stereocenters. The summed E-state index contributed by atoms with van der Waals surface area (Å²) in [5.41, 5.74) is 1.55. The van der Waals surface area contributed by atoms with E-state index in [9.17, 15) is 0 Å². The molecule has 3 nitrogen and oxygen atoms in total. The van der Waals surface area contributed by atoms with E-state index in [0.717, 1.165) is 30.5 Å². The van der Waals surface area contributed by atoms with Crippen molar-refractivity contribution in [3.05, 3.63) is 47.4 Å². The molecule has 4 heteroatoms. The van der Waals surface area contributed by atoms with Gasteiger partial charge in [-0.3, -0.25) is 0 Å². The normalized spacial score (nSPS) is 16.9. The van der Waals surface area contributed by atoms with E-state index < -0.39 is 0 Å². The molecule has 1 fully saturated rings. The lowest BCUT2D eigenvalue weighted by atomic mass is 9.79. The van der Waals surface area contributed by atoms with Crippen molar-refractivity contribution in [2.75, 3.05) is 7.11 Å². The second-order valence-corrected chi connectivity index (χ2v) is 5.20. The summed E-state index contributed by atoms with van der Waals surface area (Å²) in [6.45, 7) is 0. The van der Waals surface area contributed by atoms with E-state index >= 15 is 0 Å². The number of benzene rings is 1. The molecular weight excluding hydrogens is 260 g/mol. The van der Waals surface area contributed by atoms with Crippen molar-refractivity contribution in [1.29, 1.82) is 0 Å². The van der Waals surface area contributed by atoms with Crippen molar-refractivity contribution >= 4 is 11.6 Å². The number of rotatable bonds is 3. The van der Waals surface area contributed by atoms with Crippen LogP contribution in [0.15, 0.2) is 36.4 Å². The second-order valence-electron chi connectivity index (χ2n) is 4.82. The van der Waals surface area contributed by atoms with Gasteiger partial charge in [-0.1, -0.05) is 41.9 Å². The van der Waals surface area contributed by atoms with Gasteiger partial charge in [0.15, 0.2) is 5.82 Å². The molecule has 0 bridgehead atoms. The van der Waals surface area contributed by atoms with Crippen LogP contribution in [0.4, 0.5) is 0 Å². The molecule has 0 radical (unpaired) electrons. The van der Waals surface area contributed by atoms with E-state index in [1.807, 2.05) is 30.3 Å². The highest BCUT2D eigenvalue weighted by Crippen LogP contribution is 2.43. The molecule has 19 heavy (non-hydrogen) atoms. The van der Waals surface area contributed by atoms with Gasteiger partial charge >= 0.3 is 0 Å². The first kappa shape index (κ1) is 12.6. The zero-order chi connectivity index (χ0) is 13.3. The first-order chi connectivity index (χ1) is 9.23. The van der Waals surface area contributed by atoms with Crippen molar-refractivity contribution < 1.29 is 4.74 Å². The lowest BCUT2D eigenvalue weighted by Gasteiger charge is -2.38. The van der Waals surface area contributed by atoms with E-state index in [4.69, 9.17) is 16.3 Å². The van der Waals surface area contributed by atoms with Gasteiger partial charge in [0.25, 0.3) is 0 Å². The van der Waals surface area contributed by atoms with Crippen molar-refractivity contribution in [3.63, 3.8) is 0 Å². The Morgan fingerprint density at radius 1 is 1.16 bits per heavy atom. The fraction of sp³-hybridized carbons (Fsp3) is 0.333. The van der Waals surface area contributed by atoms with Crippen LogP contribution in [0.3, 0.4) is 0 Å². The third-order valence-corrected chi connectivity index (χ3v) is 3.92. The Balaban J connectivity index is 2.06. The predicted octanol–water partition coefficient (Wildman–Crippen LogP) is 3.82. The van der Waals surface area contributed by atoms with E-state index in [1.165, 1.54) is 0 Å². The number of nitrogens with zero attached hydrogens (tertiary/aromatic N) is 2. The largest absolute Gasteiger partial charge is 0.370 e. The zero-order valence-electron chi connectivity index (χ0n) is 10.8. The summed E-state index contributed by atoms with van der Waals surface area (Å²) in [5, 5.41) is 0.465. The molecule has 0 unspecified atom stereocenters. The Kier molecular flexibility index (Phi) is 3.25. The van der Waals surface area contributed by atoms with E-state index in [1.54, 1.807) is 13.2 Å². The second kappa shape index (κ2) is 4.91. The molecule has 2 aromatic rings. The first-order valence-corrected chi connectivity index (χ1v) is 6.77. The van der Waals surface area contributed by atoms with Crippen LogP contribution in [-0.2, 0) is 10.3 Å². The average Bonchev–Trinajstić information content (AvgIpc) is 2.39. The smallest absolute Gasteiger partial charge is 0.162 e. The number of hydrogen-bond donors (Lipinski definition) is 0. The van der Waals surface area contributed by atoms with Gasteiger partial charge < -0.3 is 4.74 Å². The summed E-state index contributed by atoms with van der Waals surface area (Å²) in [5.74, 6) is 0.701. The highest BCUT2D eigenvalue weighted by Gasteiger charge is 2.42. The molecule has 1 aliphatic rings. The number of ether oxygens (including phenoxy) is 1. The Hall–Kier alpha value is -1.45. The highest BCUT2D eigenvalue weighted by molar-refractivity contribution is 6.29. The topological polar surface area (TPSA) is 35.0 Å². The monoisotopic (exact) mass is 274 g/mol. The molecule has 0 N–H and O–H groups in total. The predicted molar refractivity (Wildman–Crippen MR) is 75.0 cm³/mol. The third-order valence-electron chi connectivity index (χ3n) is 3.72. The fourth-order valence-corrected chi connectivity index (χ4v) is 2.58. The van der Waals surface area contributed by atoms with Crippen LogP contribution >= 0.6 is 11.6 Å². The van der Waals surface area contributed by atoms with Crippen molar-refractivity contribution in [2.45, 2.75) is 24.9 Å². The van der Waals surface area contributed by atoms with Gasteiger partial charge in [0, 0.05) is 18.7 Å². The average molecular weight is 275 g/mol. The van der Waals surface area contributed by atoms with Gasteiger partial charge in [0.05, 0.1) is 5.69 Å².